The van der Waals surface area contributed by atoms with E-state index < -0.39 is 5.25 Å². The second-order valence-electron chi connectivity index (χ2n) is 6.26. The largest absolute Gasteiger partial charge is 0.497 e. The molecule has 8 heteroatoms. The van der Waals surface area contributed by atoms with Gasteiger partial charge in [-0.1, -0.05) is 11.8 Å². The van der Waals surface area contributed by atoms with Crippen LogP contribution in [0.15, 0.2) is 53.5 Å². The summed E-state index contributed by atoms with van der Waals surface area (Å²) >= 11 is 1.32. The molecule has 0 aromatic heterocycles. The first-order chi connectivity index (χ1) is 14.0. The molecule has 1 aliphatic rings. The number of thioether (sulfide) groups is 1. The zero-order valence-electron chi connectivity index (χ0n) is 16.5. The molecule has 2 aromatic rings. The van der Waals surface area contributed by atoms with Crippen LogP contribution in [-0.4, -0.2) is 47.9 Å². The highest BCUT2D eigenvalue weighted by Gasteiger charge is 2.38. The Morgan fingerprint density at radius 1 is 1.07 bits per heavy atom. The molecule has 1 N–H and O–H groups in total. The van der Waals surface area contributed by atoms with Gasteiger partial charge >= 0.3 is 0 Å². The van der Waals surface area contributed by atoms with Gasteiger partial charge < -0.3 is 14.8 Å². The number of carbonyl (C=O) groups excluding carboxylic acids is 2. The maximum Gasteiger partial charge on any atom is 0.242 e. The van der Waals surface area contributed by atoms with E-state index in [0.29, 0.717) is 23.1 Å². The summed E-state index contributed by atoms with van der Waals surface area (Å²) in [7, 11) is 3.19. The molecule has 2 aromatic carbocycles. The van der Waals surface area contributed by atoms with Crippen molar-refractivity contribution in [3.05, 3.63) is 48.5 Å². The number of nitrogens with zero attached hydrogens (tertiary/aromatic N) is 2. The lowest BCUT2D eigenvalue weighted by molar-refractivity contribution is -0.128. The summed E-state index contributed by atoms with van der Waals surface area (Å²) in [6, 6.07) is 14.3. The summed E-state index contributed by atoms with van der Waals surface area (Å²) in [5, 5.41) is 2.92. The van der Waals surface area contributed by atoms with Crippen molar-refractivity contribution in [1.29, 1.82) is 0 Å². The monoisotopic (exact) mass is 413 g/mol. The van der Waals surface area contributed by atoms with Crippen molar-refractivity contribution in [2.24, 2.45) is 4.99 Å². The minimum absolute atomic E-state index is 0.0770. The van der Waals surface area contributed by atoms with Gasteiger partial charge in [-0.15, -0.1) is 0 Å². The van der Waals surface area contributed by atoms with Crippen LogP contribution in [0.2, 0.25) is 0 Å². The number of hydrogen-bond donors (Lipinski definition) is 1. The lowest BCUT2D eigenvalue weighted by Gasteiger charge is -2.13. The quantitative estimate of drug-likeness (QED) is 0.749. The molecule has 0 radical (unpaired) electrons. The van der Waals surface area contributed by atoms with E-state index in [1.165, 1.54) is 11.8 Å². The first kappa shape index (κ1) is 20.7. The molecular formula is C21H23N3O4S. The maximum atomic E-state index is 12.7. The molecule has 152 valence electrons. The zero-order valence-corrected chi connectivity index (χ0v) is 17.4. The number of anilines is 1. The Bertz CT molecular complexity index is 897. The summed E-state index contributed by atoms with van der Waals surface area (Å²) in [6.45, 7) is 2.39. The molecule has 1 atom stereocenters. The fourth-order valence-corrected chi connectivity index (χ4v) is 4.06. The summed E-state index contributed by atoms with van der Waals surface area (Å²) in [5.41, 5.74) is 1.38. The van der Waals surface area contributed by atoms with Crippen LogP contribution in [0, 0.1) is 0 Å². The second-order valence-corrected chi connectivity index (χ2v) is 7.43. The summed E-state index contributed by atoms with van der Waals surface area (Å²) in [4.78, 5) is 31.3. The van der Waals surface area contributed by atoms with Crippen molar-refractivity contribution in [2.75, 3.05) is 26.1 Å². The molecule has 1 fully saturated rings. The SMILES string of the molecule is CCN1C(=O)[C@@H](CC(=O)Nc2ccc(OC)cc2)SC1=Nc1ccc(OC)cc1. The smallest absolute Gasteiger partial charge is 0.242 e. The molecule has 0 spiro atoms. The lowest BCUT2D eigenvalue weighted by Crippen LogP contribution is -2.33. The van der Waals surface area contributed by atoms with E-state index in [4.69, 9.17) is 9.47 Å². The van der Waals surface area contributed by atoms with Gasteiger partial charge in [0.1, 0.15) is 16.7 Å². The number of rotatable bonds is 7. The van der Waals surface area contributed by atoms with E-state index in [1.54, 1.807) is 43.4 Å². The number of amides is 2. The fraction of sp³-hybridized carbons (Fsp3) is 0.286. The number of nitrogens with one attached hydrogen (secondary N) is 1. The molecule has 1 heterocycles. The third-order valence-corrected chi connectivity index (χ3v) is 5.55. The van der Waals surface area contributed by atoms with Crippen molar-refractivity contribution < 1.29 is 19.1 Å². The minimum atomic E-state index is -0.495. The van der Waals surface area contributed by atoms with Crippen molar-refractivity contribution >= 4 is 40.1 Å². The van der Waals surface area contributed by atoms with Crippen LogP contribution < -0.4 is 14.8 Å². The molecule has 0 aliphatic carbocycles. The predicted octanol–water partition coefficient (Wildman–Crippen LogP) is 3.68. The Labute approximate surface area is 174 Å². The first-order valence-corrected chi connectivity index (χ1v) is 10.1. The summed E-state index contributed by atoms with van der Waals surface area (Å²) in [6.07, 6.45) is 0.0770. The van der Waals surface area contributed by atoms with Gasteiger partial charge in [-0.05, 0) is 55.5 Å². The number of methoxy groups -OCH3 is 2. The highest BCUT2D eigenvalue weighted by Crippen LogP contribution is 2.32. The number of ether oxygens (including phenoxy) is 2. The number of aliphatic imine (C=N–C) groups is 1. The molecule has 0 unspecified atom stereocenters. The second kappa shape index (κ2) is 9.47. The molecule has 1 aliphatic heterocycles. The van der Waals surface area contributed by atoms with E-state index in [9.17, 15) is 9.59 Å². The van der Waals surface area contributed by atoms with Crippen LogP contribution in [0.4, 0.5) is 11.4 Å². The first-order valence-electron chi connectivity index (χ1n) is 9.18. The van der Waals surface area contributed by atoms with E-state index in [1.807, 2.05) is 31.2 Å². The average Bonchev–Trinajstić information content (AvgIpc) is 3.03. The van der Waals surface area contributed by atoms with E-state index in [-0.39, 0.29) is 18.2 Å². The van der Waals surface area contributed by atoms with Crippen LogP contribution in [-0.2, 0) is 9.59 Å². The standard InChI is InChI=1S/C21H23N3O4S/c1-4-24-20(26)18(13-19(25)22-14-5-9-16(27-2)10-6-14)29-21(24)23-15-7-11-17(28-3)12-8-15/h5-12,18H,4,13H2,1-3H3,(H,22,25)/t18-/m1/s1. The van der Waals surface area contributed by atoms with Gasteiger partial charge in [-0.25, -0.2) is 4.99 Å². The Morgan fingerprint density at radius 2 is 1.66 bits per heavy atom. The zero-order chi connectivity index (χ0) is 20.8. The van der Waals surface area contributed by atoms with Crippen LogP contribution in [0.25, 0.3) is 0 Å². The molecule has 7 nitrogen and oxygen atoms in total. The normalized spacial score (nSPS) is 17.5. The highest BCUT2D eigenvalue weighted by atomic mass is 32.2. The third kappa shape index (κ3) is 5.08. The van der Waals surface area contributed by atoms with Gasteiger partial charge in [0.2, 0.25) is 11.8 Å². The summed E-state index contributed by atoms with van der Waals surface area (Å²) in [5.74, 6) is 1.13. The molecule has 1 saturated heterocycles. The van der Waals surface area contributed by atoms with Gasteiger partial charge in [0.15, 0.2) is 5.17 Å². The fourth-order valence-electron chi connectivity index (χ4n) is 2.84. The summed E-state index contributed by atoms with van der Waals surface area (Å²) < 4.78 is 10.3. The van der Waals surface area contributed by atoms with Gasteiger partial charge in [0.05, 0.1) is 19.9 Å². The van der Waals surface area contributed by atoms with Crippen molar-refractivity contribution in [3.63, 3.8) is 0 Å². The van der Waals surface area contributed by atoms with E-state index in [0.717, 1.165) is 11.4 Å². The predicted molar refractivity (Wildman–Crippen MR) is 115 cm³/mol. The topological polar surface area (TPSA) is 80.2 Å². The molecule has 0 bridgehead atoms. The Kier molecular flexibility index (Phi) is 6.77. The van der Waals surface area contributed by atoms with Gasteiger partial charge in [-0.3, -0.25) is 14.5 Å². The maximum absolute atomic E-state index is 12.7. The Hall–Kier alpha value is -3.00. The Morgan fingerprint density at radius 3 is 2.21 bits per heavy atom. The van der Waals surface area contributed by atoms with Gasteiger partial charge in [-0.2, -0.15) is 0 Å². The van der Waals surface area contributed by atoms with Crippen LogP contribution in [0.1, 0.15) is 13.3 Å². The van der Waals surface area contributed by atoms with Gasteiger partial charge in [0, 0.05) is 18.7 Å². The van der Waals surface area contributed by atoms with Crippen molar-refractivity contribution in [3.8, 4) is 11.5 Å². The Balaban J connectivity index is 1.67. The number of carbonyl (C=O) groups is 2. The molecule has 2 amide bonds. The molecular weight excluding hydrogens is 390 g/mol. The lowest BCUT2D eigenvalue weighted by atomic mass is 10.2. The average molecular weight is 413 g/mol. The number of amidine groups is 1. The number of benzene rings is 2. The molecule has 29 heavy (non-hydrogen) atoms. The highest BCUT2D eigenvalue weighted by molar-refractivity contribution is 8.15. The van der Waals surface area contributed by atoms with Crippen molar-refractivity contribution in [1.82, 2.24) is 4.90 Å². The van der Waals surface area contributed by atoms with E-state index >= 15 is 0 Å². The van der Waals surface area contributed by atoms with Crippen LogP contribution in [0.3, 0.4) is 0 Å². The molecule has 3 rings (SSSR count). The molecule has 0 saturated carbocycles. The van der Waals surface area contributed by atoms with E-state index in [2.05, 4.69) is 10.3 Å². The van der Waals surface area contributed by atoms with Crippen LogP contribution in [0.5, 0.6) is 11.5 Å². The van der Waals surface area contributed by atoms with Crippen molar-refractivity contribution in [2.45, 2.75) is 18.6 Å². The third-order valence-electron chi connectivity index (χ3n) is 4.38. The van der Waals surface area contributed by atoms with Crippen LogP contribution >= 0.6 is 11.8 Å². The van der Waals surface area contributed by atoms with Gasteiger partial charge in [0.25, 0.3) is 0 Å². The number of hydrogen-bond acceptors (Lipinski definition) is 6. The minimum Gasteiger partial charge on any atom is -0.497 e.